The van der Waals surface area contributed by atoms with Crippen molar-refractivity contribution >= 4 is 12.0 Å². The number of benzene rings is 1. The summed E-state index contributed by atoms with van der Waals surface area (Å²) >= 11 is 0. The molecule has 0 heterocycles. The number of hydrogen-bond donors (Lipinski definition) is 0. The molecular formula is C11H13NO2. The van der Waals surface area contributed by atoms with E-state index in [1.165, 1.54) is 13.3 Å². The molecule has 1 rings (SSSR count). The third kappa shape index (κ3) is 2.69. The van der Waals surface area contributed by atoms with Gasteiger partial charge in [-0.25, -0.2) is 0 Å². The molecule has 1 atom stereocenters. The zero-order valence-electron chi connectivity index (χ0n) is 8.31. The number of rotatable bonds is 4. The van der Waals surface area contributed by atoms with E-state index < -0.39 is 0 Å². The average molecular weight is 191 g/mol. The van der Waals surface area contributed by atoms with Crippen LogP contribution in [0.15, 0.2) is 35.5 Å². The smallest absolute Gasteiger partial charge is 0.142 e. The molecule has 0 N–H and O–H groups in total. The molecule has 0 aromatic heterocycles. The SMILES string of the molecule is CO/N=C\[C@H](C(C)=O)c1ccccc1. The molecule has 0 saturated carbocycles. The summed E-state index contributed by atoms with van der Waals surface area (Å²) in [5.74, 6) is -0.256. The first-order chi connectivity index (χ1) is 6.75. The Bertz CT molecular complexity index is 319. The van der Waals surface area contributed by atoms with Crippen LogP contribution in [0.3, 0.4) is 0 Å². The van der Waals surface area contributed by atoms with Crippen molar-refractivity contribution < 1.29 is 9.63 Å². The van der Waals surface area contributed by atoms with Crippen LogP contribution in [0.5, 0.6) is 0 Å². The van der Waals surface area contributed by atoms with E-state index in [0.29, 0.717) is 0 Å². The van der Waals surface area contributed by atoms with Gasteiger partial charge in [-0.2, -0.15) is 0 Å². The summed E-state index contributed by atoms with van der Waals surface area (Å²) in [5.41, 5.74) is 0.931. The Morgan fingerprint density at radius 1 is 1.43 bits per heavy atom. The number of carbonyl (C=O) groups excluding carboxylic acids is 1. The second-order valence-electron chi connectivity index (χ2n) is 2.94. The Morgan fingerprint density at radius 3 is 2.57 bits per heavy atom. The van der Waals surface area contributed by atoms with Gasteiger partial charge in [0.15, 0.2) is 0 Å². The van der Waals surface area contributed by atoms with Crippen LogP contribution in [0, 0.1) is 0 Å². The molecule has 0 radical (unpaired) electrons. The van der Waals surface area contributed by atoms with Crippen LogP contribution in [0.4, 0.5) is 0 Å². The molecule has 0 bridgehead atoms. The summed E-state index contributed by atoms with van der Waals surface area (Å²) in [6.45, 7) is 1.54. The van der Waals surface area contributed by atoms with Gasteiger partial charge in [0.1, 0.15) is 12.9 Å². The largest absolute Gasteiger partial charge is 0.399 e. The Balaban J connectivity index is 2.89. The molecule has 0 fully saturated rings. The highest BCUT2D eigenvalue weighted by molar-refractivity contribution is 5.98. The maximum absolute atomic E-state index is 11.3. The average Bonchev–Trinajstić information content (AvgIpc) is 2.19. The second kappa shape index (κ2) is 5.17. The summed E-state index contributed by atoms with van der Waals surface area (Å²) in [5, 5.41) is 3.62. The van der Waals surface area contributed by atoms with Gasteiger partial charge < -0.3 is 4.84 Å². The van der Waals surface area contributed by atoms with E-state index in [0.717, 1.165) is 5.56 Å². The highest BCUT2D eigenvalue weighted by Crippen LogP contribution is 2.14. The van der Waals surface area contributed by atoms with Crippen molar-refractivity contribution in [3.05, 3.63) is 35.9 Å². The molecular weight excluding hydrogens is 178 g/mol. The van der Waals surface area contributed by atoms with Gasteiger partial charge in [-0.1, -0.05) is 35.5 Å². The van der Waals surface area contributed by atoms with E-state index in [-0.39, 0.29) is 11.7 Å². The van der Waals surface area contributed by atoms with Gasteiger partial charge in [-0.15, -0.1) is 0 Å². The van der Waals surface area contributed by atoms with E-state index in [4.69, 9.17) is 0 Å². The number of hydrogen-bond acceptors (Lipinski definition) is 3. The van der Waals surface area contributed by atoms with Gasteiger partial charge in [-0.3, -0.25) is 4.79 Å². The third-order valence-electron chi connectivity index (χ3n) is 1.91. The Morgan fingerprint density at radius 2 is 2.07 bits per heavy atom. The summed E-state index contributed by atoms with van der Waals surface area (Å²) in [7, 11) is 1.46. The molecule has 3 heteroatoms. The fraction of sp³-hybridized carbons (Fsp3) is 0.273. The molecule has 0 spiro atoms. The first kappa shape index (κ1) is 10.4. The van der Waals surface area contributed by atoms with Crippen LogP contribution < -0.4 is 0 Å². The Hall–Kier alpha value is -1.64. The molecule has 74 valence electrons. The summed E-state index contributed by atoms with van der Waals surface area (Å²) in [6.07, 6.45) is 1.51. The van der Waals surface area contributed by atoms with Crippen molar-refractivity contribution in [1.82, 2.24) is 0 Å². The van der Waals surface area contributed by atoms with Gasteiger partial charge >= 0.3 is 0 Å². The molecule has 0 aliphatic heterocycles. The second-order valence-corrected chi connectivity index (χ2v) is 2.94. The lowest BCUT2D eigenvalue weighted by atomic mass is 9.97. The van der Waals surface area contributed by atoms with E-state index in [1.54, 1.807) is 6.92 Å². The lowest BCUT2D eigenvalue weighted by Crippen LogP contribution is -2.10. The molecule has 0 saturated heterocycles. The minimum absolute atomic E-state index is 0.0528. The predicted molar refractivity (Wildman–Crippen MR) is 55.4 cm³/mol. The lowest BCUT2D eigenvalue weighted by molar-refractivity contribution is -0.117. The Kier molecular flexibility index (Phi) is 3.85. The molecule has 1 aromatic rings. The minimum Gasteiger partial charge on any atom is -0.399 e. The number of nitrogens with zero attached hydrogens (tertiary/aromatic N) is 1. The molecule has 0 amide bonds. The number of oxime groups is 1. The number of Topliss-reactive ketones (excluding diaryl/α,β-unsaturated/α-hetero) is 1. The molecule has 14 heavy (non-hydrogen) atoms. The fourth-order valence-electron chi connectivity index (χ4n) is 1.21. The molecule has 1 aromatic carbocycles. The summed E-state index contributed by atoms with van der Waals surface area (Å²) < 4.78 is 0. The highest BCUT2D eigenvalue weighted by atomic mass is 16.6. The van der Waals surface area contributed by atoms with Crippen molar-refractivity contribution in [2.24, 2.45) is 5.16 Å². The van der Waals surface area contributed by atoms with Crippen LogP contribution in [0.25, 0.3) is 0 Å². The highest BCUT2D eigenvalue weighted by Gasteiger charge is 2.13. The van der Waals surface area contributed by atoms with Crippen LogP contribution in [0.1, 0.15) is 18.4 Å². The van der Waals surface area contributed by atoms with Crippen LogP contribution in [0.2, 0.25) is 0 Å². The molecule has 3 nitrogen and oxygen atoms in total. The van der Waals surface area contributed by atoms with Crippen molar-refractivity contribution in [3.8, 4) is 0 Å². The van der Waals surface area contributed by atoms with Crippen molar-refractivity contribution in [2.45, 2.75) is 12.8 Å². The summed E-state index contributed by atoms with van der Waals surface area (Å²) in [6, 6.07) is 9.49. The number of ketones is 1. The normalized spacial score (nSPS) is 12.7. The van der Waals surface area contributed by atoms with E-state index in [1.807, 2.05) is 30.3 Å². The topological polar surface area (TPSA) is 38.7 Å². The molecule has 0 aliphatic rings. The monoisotopic (exact) mass is 191 g/mol. The van der Waals surface area contributed by atoms with Gasteiger partial charge in [0, 0.05) is 0 Å². The van der Waals surface area contributed by atoms with Crippen molar-refractivity contribution in [3.63, 3.8) is 0 Å². The first-order valence-corrected chi connectivity index (χ1v) is 4.37. The fourth-order valence-corrected chi connectivity index (χ4v) is 1.21. The van der Waals surface area contributed by atoms with Gasteiger partial charge in [0.2, 0.25) is 0 Å². The maximum atomic E-state index is 11.3. The first-order valence-electron chi connectivity index (χ1n) is 4.37. The maximum Gasteiger partial charge on any atom is 0.142 e. The van der Waals surface area contributed by atoms with Crippen LogP contribution in [-0.4, -0.2) is 19.1 Å². The predicted octanol–water partition coefficient (Wildman–Crippen LogP) is 1.99. The summed E-state index contributed by atoms with van der Waals surface area (Å²) in [4.78, 5) is 15.9. The van der Waals surface area contributed by atoms with Crippen molar-refractivity contribution in [1.29, 1.82) is 0 Å². The molecule has 0 unspecified atom stereocenters. The Labute approximate surface area is 83.4 Å². The number of carbonyl (C=O) groups is 1. The minimum atomic E-state index is -0.309. The van der Waals surface area contributed by atoms with Crippen LogP contribution in [-0.2, 0) is 9.63 Å². The molecule has 0 aliphatic carbocycles. The standard InChI is InChI=1S/C11H13NO2/c1-9(13)11(8-12-14-2)10-6-4-3-5-7-10/h3-8,11H,1-2H3/b12-8-/t11-/m1/s1. The third-order valence-corrected chi connectivity index (χ3v) is 1.91. The van der Waals surface area contributed by atoms with Gasteiger partial charge in [0.25, 0.3) is 0 Å². The van der Waals surface area contributed by atoms with E-state index in [9.17, 15) is 4.79 Å². The van der Waals surface area contributed by atoms with E-state index in [2.05, 4.69) is 9.99 Å². The van der Waals surface area contributed by atoms with Crippen LogP contribution >= 0.6 is 0 Å². The van der Waals surface area contributed by atoms with E-state index >= 15 is 0 Å². The quantitative estimate of drug-likeness (QED) is 0.539. The van der Waals surface area contributed by atoms with Crippen molar-refractivity contribution in [2.75, 3.05) is 7.11 Å². The lowest BCUT2D eigenvalue weighted by Gasteiger charge is -2.07. The zero-order valence-corrected chi connectivity index (χ0v) is 8.31. The van der Waals surface area contributed by atoms with Gasteiger partial charge in [0.05, 0.1) is 12.1 Å². The van der Waals surface area contributed by atoms with Gasteiger partial charge in [-0.05, 0) is 12.5 Å². The zero-order chi connectivity index (χ0) is 10.4.